The molecule has 0 saturated heterocycles. The highest BCUT2D eigenvalue weighted by Crippen LogP contribution is 2.44. The van der Waals surface area contributed by atoms with Crippen molar-refractivity contribution >= 4 is 16.8 Å². The lowest BCUT2D eigenvalue weighted by atomic mass is 9.94. The zero-order chi connectivity index (χ0) is 17.7. The molecule has 5 heteroatoms. The maximum Gasteiger partial charge on any atom is 0.252 e. The lowest BCUT2D eigenvalue weighted by Gasteiger charge is -2.23. The molecule has 2 heterocycles. The average molecular weight is 346 g/mol. The summed E-state index contributed by atoms with van der Waals surface area (Å²) in [5, 5.41) is 11.1. The Hall–Kier alpha value is -2.69. The van der Waals surface area contributed by atoms with Crippen molar-refractivity contribution in [3.63, 3.8) is 0 Å². The first-order chi connectivity index (χ1) is 12.7. The Morgan fingerprint density at radius 1 is 1.23 bits per heavy atom. The number of aromatic amines is 1. The molecule has 0 spiro atoms. The molecule has 2 bridgehead atoms. The van der Waals surface area contributed by atoms with Gasteiger partial charge in [0.05, 0.1) is 23.0 Å². The Balaban J connectivity index is 1.56. The van der Waals surface area contributed by atoms with E-state index in [1.54, 1.807) is 12.4 Å². The molecule has 3 atom stereocenters. The number of nitrogens with one attached hydrogen (secondary N) is 2. The third-order valence-corrected chi connectivity index (χ3v) is 6.06. The van der Waals surface area contributed by atoms with E-state index in [-0.39, 0.29) is 5.91 Å². The van der Waals surface area contributed by atoms with Gasteiger partial charge in [-0.1, -0.05) is 18.1 Å². The molecule has 2 N–H and O–H groups in total. The average Bonchev–Trinajstić information content (AvgIpc) is 3.38. The van der Waals surface area contributed by atoms with E-state index in [1.807, 2.05) is 25.1 Å². The number of amides is 1. The topological polar surface area (TPSA) is 70.7 Å². The third-order valence-electron chi connectivity index (χ3n) is 6.06. The molecule has 2 saturated carbocycles. The largest absolute Gasteiger partial charge is 0.349 e. The van der Waals surface area contributed by atoms with E-state index in [9.17, 15) is 4.79 Å². The normalized spacial score (nSPS) is 24.3. The van der Waals surface area contributed by atoms with Gasteiger partial charge in [-0.15, -0.1) is 0 Å². The van der Waals surface area contributed by atoms with Crippen LogP contribution in [-0.4, -0.2) is 27.1 Å². The first-order valence-corrected chi connectivity index (χ1v) is 9.39. The standard InChI is InChI=1S/C21H22N4O/c1-12-2-5-18-16(6-12)17(9-20(24-18)15-10-22-23-11-15)21(26)25-19-8-13-3-4-14(19)7-13/h2,5-6,9-11,13-14,19H,3-4,7-8H2,1H3,(H,22,23)(H,25,26)/t13-,14+,19-/m1/s1. The molecule has 3 aromatic rings. The number of aryl methyl sites for hydroxylation is 1. The second-order valence-corrected chi connectivity index (χ2v) is 7.82. The SMILES string of the molecule is Cc1ccc2nc(-c3cn[nH]c3)cc(C(=O)N[C@@H]3C[C@@H]4CC[C@H]3C4)c2c1. The number of H-pyrrole nitrogens is 1. The Labute approximate surface area is 152 Å². The summed E-state index contributed by atoms with van der Waals surface area (Å²) < 4.78 is 0. The molecule has 2 fully saturated rings. The van der Waals surface area contributed by atoms with Gasteiger partial charge in [-0.2, -0.15) is 5.10 Å². The molecule has 26 heavy (non-hydrogen) atoms. The molecule has 2 aliphatic carbocycles. The Kier molecular flexibility index (Phi) is 3.55. The van der Waals surface area contributed by atoms with Crippen molar-refractivity contribution in [2.75, 3.05) is 0 Å². The van der Waals surface area contributed by atoms with E-state index in [0.717, 1.165) is 40.1 Å². The number of carbonyl (C=O) groups excluding carboxylic acids is 1. The van der Waals surface area contributed by atoms with Crippen LogP contribution in [0.4, 0.5) is 0 Å². The fraction of sp³-hybridized carbons (Fsp3) is 0.381. The number of hydrogen-bond donors (Lipinski definition) is 2. The number of carbonyl (C=O) groups is 1. The minimum Gasteiger partial charge on any atom is -0.349 e. The molecule has 1 aromatic carbocycles. The molecule has 132 valence electrons. The van der Waals surface area contributed by atoms with Gasteiger partial charge in [0.2, 0.25) is 0 Å². The number of benzene rings is 1. The summed E-state index contributed by atoms with van der Waals surface area (Å²) in [5.41, 5.74) is 4.34. The zero-order valence-electron chi connectivity index (χ0n) is 14.8. The van der Waals surface area contributed by atoms with Gasteiger partial charge < -0.3 is 5.32 Å². The van der Waals surface area contributed by atoms with Crippen molar-refractivity contribution in [3.05, 3.63) is 47.8 Å². The van der Waals surface area contributed by atoms with Gasteiger partial charge in [0, 0.05) is 23.2 Å². The fourth-order valence-electron chi connectivity index (χ4n) is 4.73. The lowest BCUT2D eigenvalue weighted by Crippen LogP contribution is -2.38. The Bertz CT molecular complexity index is 979. The number of nitrogens with zero attached hydrogens (tertiary/aromatic N) is 2. The number of aromatic nitrogens is 3. The van der Waals surface area contributed by atoms with Crippen LogP contribution >= 0.6 is 0 Å². The maximum atomic E-state index is 13.2. The van der Waals surface area contributed by atoms with Gasteiger partial charge in [-0.25, -0.2) is 4.98 Å². The summed E-state index contributed by atoms with van der Waals surface area (Å²) in [6.07, 6.45) is 8.54. The van der Waals surface area contributed by atoms with E-state index in [4.69, 9.17) is 4.98 Å². The maximum absolute atomic E-state index is 13.2. The van der Waals surface area contributed by atoms with Crippen LogP contribution in [-0.2, 0) is 0 Å². The van der Waals surface area contributed by atoms with Crippen molar-refractivity contribution in [2.45, 2.75) is 38.6 Å². The van der Waals surface area contributed by atoms with Gasteiger partial charge in [-0.05, 0) is 56.2 Å². The predicted octanol–water partition coefficient (Wildman–Crippen LogP) is 3.85. The number of pyridine rings is 1. The summed E-state index contributed by atoms with van der Waals surface area (Å²) in [6.45, 7) is 2.04. The van der Waals surface area contributed by atoms with Crippen molar-refractivity contribution < 1.29 is 4.79 Å². The summed E-state index contributed by atoms with van der Waals surface area (Å²) in [7, 11) is 0. The minimum absolute atomic E-state index is 0.0188. The van der Waals surface area contributed by atoms with Crippen molar-refractivity contribution in [2.24, 2.45) is 11.8 Å². The Morgan fingerprint density at radius 3 is 2.88 bits per heavy atom. The van der Waals surface area contributed by atoms with Gasteiger partial charge in [0.25, 0.3) is 5.91 Å². The van der Waals surface area contributed by atoms with E-state index in [0.29, 0.717) is 17.5 Å². The predicted molar refractivity (Wildman–Crippen MR) is 101 cm³/mol. The molecule has 2 aliphatic rings. The number of hydrogen-bond acceptors (Lipinski definition) is 3. The molecule has 0 radical (unpaired) electrons. The first kappa shape index (κ1) is 15.6. The lowest BCUT2D eigenvalue weighted by molar-refractivity contribution is 0.0924. The zero-order valence-corrected chi connectivity index (χ0v) is 14.8. The van der Waals surface area contributed by atoms with Crippen LogP contribution < -0.4 is 5.32 Å². The first-order valence-electron chi connectivity index (χ1n) is 9.39. The van der Waals surface area contributed by atoms with E-state index in [1.165, 1.54) is 19.3 Å². The highest BCUT2D eigenvalue weighted by Gasteiger charge is 2.40. The van der Waals surface area contributed by atoms with Crippen molar-refractivity contribution in [3.8, 4) is 11.3 Å². The van der Waals surface area contributed by atoms with E-state index >= 15 is 0 Å². The van der Waals surface area contributed by atoms with Crippen LogP contribution in [0.5, 0.6) is 0 Å². The monoisotopic (exact) mass is 346 g/mol. The van der Waals surface area contributed by atoms with Gasteiger partial charge in [0.1, 0.15) is 0 Å². The third kappa shape index (κ3) is 2.59. The quantitative estimate of drug-likeness (QED) is 0.757. The van der Waals surface area contributed by atoms with Gasteiger partial charge >= 0.3 is 0 Å². The highest BCUT2D eigenvalue weighted by atomic mass is 16.1. The van der Waals surface area contributed by atoms with E-state index < -0.39 is 0 Å². The number of rotatable bonds is 3. The second kappa shape index (κ2) is 5.94. The molecular weight excluding hydrogens is 324 g/mol. The van der Waals surface area contributed by atoms with Crippen LogP contribution in [0.1, 0.15) is 41.6 Å². The van der Waals surface area contributed by atoms with E-state index in [2.05, 4.69) is 21.6 Å². The van der Waals surface area contributed by atoms with Crippen LogP contribution in [0.2, 0.25) is 0 Å². The van der Waals surface area contributed by atoms with Crippen LogP contribution in [0.3, 0.4) is 0 Å². The molecular formula is C21H22N4O. The Morgan fingerprint density at radius 2 is 2.15 bits per heavy atom. The van der Waals surface area contributed by atoms with Gasteiger partial charge in [-0.3, -0.25) is 9.89 Å². The highest BCUT2D eigenvalue weighted by molar-refractivity contribution is 6.07. The van der Waals surface area contributed by atoms with Crippen molar-refractivity contribution in [1.29, 1.82) is 0 Å². The summed E-state index contributed by atoms with van der Waals surface area (Å²) in [5.74, 6) is 1.49. The molecule has 2 aromatic heterocycles. The van der Waals surface area contributed by atoms with Gasteiger partial charge in [0.15, 0.2) is 0 Å². The summed E-state index contributed by atoms with van der Waals surface area (Å²) in [6, 6.07) is 8.30. The van der Waals surface area contributed by atoms with Crippen LogP contribution in [0, 0.1) is 18.8 Å². The van der Waals surface area contributed by atoms with Crippen LogP contribution in [0.25, 0.3) is 22.2 Å². The minimum atomic E-state index is 0.0188. The molecule has 1 amide bonds. The summed E-state index contributed by atoms with van der Waals surface area (Å²) >= 11 is 0. The molecule has 0 aliphatic heterocycles. The van der Waals surface area contributed by atoms with Crippen LogP contribution in [0.15, 0.2) is 36.7 Å². The fourth-order valence-corrected chi connectivity index (χ4v) is 4.73. The molecule has 5 nitrogen and oxygen atoms in total. The smallest absolute Gasteiger partial charge is 0.252 e. The second-order valence-electron chi connectivity index (χ2n) is 7.82. The van der Waals surface area contributed by atoms with Crippen molar-refractivity contribution in [1.82, 2.24) is 20.5 Å². The summed E-state index contributed by atoms with van der Waals surface area (Å²) in [4.78, 5) is 17.9. The molecule has 5 rings (SSSR count). The molecule has 0 unspecified atom stereocenters. The number of fused-ring (bicyclic) bond motifs is 3.